The van der Waals surface area contributed by atoms with Crippen molar-refractivity contribution in [2.24, 2.45) is 5.92 Å². The second-order valence-corrected chi connectivity index (χ2v) is 9.03. The number of carboxylic acids is 1. The lowest BCUT2D eigenvalue weighted by molar-refractivity contribution is -0.149. The number of benzene rings is 2. The van der Waals surface area contributed by atoms with E-state index in [1.165, 1.54) is 4.90 Å². The highest BCUT2D eigenvalue weighted by molar-refractivity contribution is 5.81. The molecule has 1 aliphatic heterocycles. The van der Waals surface area contributed by atoms with Crippen LogP contribution in [-0.4, -0.2) is 59.6 Å². The Hall–Kier alpha value is -3.49. The van der Waals surface area contributed by atoms with E-state index < -0.39 is 48.8 Å². The molecule has 1 aliphatic carbocycles. The Balaban J connectivity index is 1.38. The summed E-state index contributed by atoms with van der Waals surface area (Å²) in [6.45, 7) is 1.87. The van der Waals surface area contributed by atoms with Crippen molar-refractivity contribution in [1.82, 2.24) is 10.2 Å². The molecule has 0 radical (unpaired) electrons. The van der Waals surface area contributed by atoms with Crippen LogP contribution in [0.3, 0.4) is 0 Å². The molecule has 0 bridgehead atoms. The van der Waals surface area contributed by atoms with Crippen LogP contribution in [0.5, 0.6) is 0 Å². The van der Waals surface area contributed by atoms with Crippen molar-refractivity contribution in [3.8, 4) is 11.1 Å². The number of alkyl halides is 2. The molecule has 1 saturated heterocycles. The van der Waals surface area contributed by atoms with E-state index in [1.807, 2.05) is 48.5 Å². The van der Waals surface area contributed by atoms with Gasteiger partial charge in [-0.3, -0.25) is 9.59 Å². The minimum Gasteiger partial charge on any atom is -0.481 e. The number of likely N-dealkylation sites (tertiary alicyclic amines) is 1. The molecule has 1 heterocycles. The molecule has 3 atom stereocenters. The van der Waals surface area contributed by atoms with E-state index in [9.17, 15) is 28.3 Å². The number of hydrogen-bond acceptors (Lipinski definition) is 4. The topological polar surface area (TPSA) is 95.9 Å². The third-order valence-corrected chi connectivity index (χ3v) is 6.97. The van der Waals surface area contributed by atoms with Crippen molar-refractivity contribution in [3.63, 3.8) is 0 Å². The number of nitrogens with one attached hydrogen (secondary N) is 1. The minimum atomic E-state index is -2.99. The molecule has 9 heteroatoms. The van der Waals surface area contributed by atoms with Crippen LogP contribution >= 0.6 is 0 Å². The monoisotopic (exact) mass is 486 g/mol. The molecule has 35 heavy (non-hydrogen) atoms. The lowest BCUT2D eigenvalue weighted by atomic mass is 9.90. The highest BCUT2D eigenvalue weighted by atomic mass is 19.3. The lowest BCUT2D eigenvalue weighted by Gasteiger charge is -2.38. The van der Waals surface area contributed by atoms with Gasteiger partial charge in [0.25, 0.3) is 6.43 Å². The normalized spacial score (nSPS) is 20.2. The molecule has 2 aromatic carbocycles. The number of carboxylic acid groups (broad SMARTS) is 1. The Morgan fingerprint density at radius 2 is 1.69 bits per heavy atom. The molecule has 2 aromatic rings. The predicted molar refractivity (Wildman–Crippen MR) is 124 cm³/mol. The number of amides is 2. The van der Waals surface area contributed by atoms with Crippen LogP contribution in [0.15, 0.2) is 48.5 Å². The zero-order valence-electron chi connectivity index (χ0n) is 19.3. The Labute approximate surface area is 202 Å². The van der Waals surface area contributed by atoms with Crippen molar-refractivity contribution in [2.45, 2.75) is 50.6 Å². The number of ether oxygens (including phenoxy) is 1. The molecule has 2 amide bonds. The standard InChI is InChI=1S/C26H28F2N2O5/c1-15-16(25(32)33)11-6-12-30(15)23(31)13-22(24(27)28)29-26(34)35-14-21-19-9-4-2-7-17(19)18-8-3-5-10-20(18)21/h2-5,7-10,15-16,21-22,24H,6,11-14H2,1H3,(H,29,34)(H,32,33). The zero-order chi connectivity index (χ0) is 25.1. The number of fused-ring (bicyclic) bond motifs is 3. The molecule has 2 aliphatic rings. The summed E-state index contributed by atoms with van der Waals surface area (Å²) in [6.07, 6.45) is -3.75. The number of nitrogens with zero attached hydrogens (tertiary/aromatic N) is 1. The Kier molecular flexibility index (Phi) is 7.33. The van der Waals surface area contributed by atoms with E-state index in [4.69, 9.17) is 4.74 Å². The van der Waals surface area contributed by atoms with Crippen molar-refractivity contribution in [1.29, 1.82) is 0 Å². The second-order valence-electron chi connectivity index (χ2n) is 9.03. The summed E-state index contributed by atoms with van der Waals surface area (Å²) >= 11 is 0. The minimum absolute atomic E-state index is 0.0345. The first-order valence-corrected chi connectivity index (χ1v) is 11.7. The predicted octanol–water partition coefficient (Wildman–Crippen LogP) is 4.26. The van der Waals surface area contributed by atoms with Crippen LogP contribution < -0.4 is 5.32 Å². The van der Waals surface area contributed by atoms with Gasteiger partial charge in [-0.05, 0) is 42.0 Å². The highest BCUT2D eigenvalue weighted by Gasteiger charge is 2.37. The first-order valence-electron chi connectivity index (χ1n) is 11.7. The summed E-state index contributed by atoms with van der Waals surface area (Å²) in [5.41, 5.74) is 4.08. The SMILES string of the molecule is CC1C(C(=O)O)CCCN1C(=O)CC(NC(=O)OCC1c2ccccc2-c2ccccc21)C(F)F. The number of hydrogen-bond donors (Lipinski definition) is 2. The largest absolute Gasteiger partial charge is 0.481 e. The van der Waals surface area contributed by atoms with Gasteiger partial charge in [-0.15, -0.1) is 0 Å². The van der Waals surface area contributed by atoms with Gasteiger partial charge in [-0.2, -0.15) is 0 Å². The number of carbonyl (C=O) groups excluding carboxylic acids is 2. The fourth-order valence-electron chi connectivity index (χ4n) is 5.13. The van der Waals surface area contributed by atoms with Crippen molar-refractivity contribution in [2.75, 3.05) is 13.2 Å². The number of aliphatic carboxylic acids is 1. The van der Waals surface area contributed by atoms with Gasteiger partial charge in [0.15, 0.2) is 0 Å². The average Bonchev–Trinajstić information content (AvgIpc) is 3.16. The first kappa shape index (κ1) is 24.6. The maximum Gasteiger partial charge on any atom is 0.407 e. The van der Waals surface area contributed by atoms with E-state index in [0.717, 1.165) is 22.3 Å². The van der Waals surface area contributed by atoms with Crippen LogP contribution in [0.25, 0.3) is 11.1 Å². The molecular weight excluding hydrogens is 458 g/mol. The summed E-state index contributed by atoms with van der Waals surface area (Å²) in [4.78, 5) is 37.9. The fourth-order valence-corrected chi connectivity index (χ4v) is 5.13. The molecule has 0 spiro atoms. The summed E-state index contributed by atoms with van der Waals surface area (Å²) < 4.78 is 32.7. The van der Waals surface area contributed by atoms with Gasteiger partial charge < -0.3 is 20.1 Å². The third-order valence-electron chi connectivity index (χ3n) is 6.97. The Morgan fingerprint density at radius 1 is 1.09 bits per heavy atom. The molecular formula is C26H28F2N2O5. The quantitative estimate of drug-likeness (QED) is 0.610. The number of piperidine rings is 1. The first-order chi connectivity index (χ1) is 16.8. The maximum atomic E-state index is 13.7. The van der Waals surface area contributed by atoms with Gasteiger partial charge in [0.1, 0.15) is 12.6 Å². The van der Waals surface area contributed by atoms with E-state index in [0.29, 0.717) is 19.4 Å². The van der Waals surface area contributed by atoms with Gasteiger partial charge in [-0.1, -0.05) is 48.5 Å². The van der Waals surface area contributed by atoms with Gasteiger partial charge in [-0.25, -0.2) is 13.6 Å². The Bertz CT molecular complexity index is 1060. The second kappa shape index (κ2) is 10.4. The molecule has 3 unspecified atom stereocenters. The van der Waals surface area contributed by atoms with E-state index in [-0.39, 0.29) is 12.5 Å². The molecule has 0 saturated carbocycles. The molecule has 1 fully saturated rings. The maximum absolute atomic E-state index is 13.7. The van der Waals surface area contributed by atoms with Crippen molar-refractivity contribution >= 4 is 18.0 Å². The summed E-state index contributed by atoms with van der Waals surface area (Å²) in [7, 11) is 0. The lowest BCUT2D eigenvalue weighted by Crippen LogP contribution is -2.51. The molecule has 0 aromatic heterocycles. The number of carbonyl (C=O) groups is 3. The summed E-state index contributed by atoms with van der Waals surface area (Å²) in [5.74, 6) is -2.60. The fraction of sp³-hybridized carbons (Fsp3) is 0.423. The highest BCUT2D eigenvalue weighted by Crippen LogP contribution is 2.44. The average molecular weight is 487 g/mol. The Morgan fingerprint density at radius 3 is 2.26 bits per heavy atom. The molecule has 4 rings (SSSR count). The van der Waals surface area contributed by atoms with Crippen LogP contribution in [0.4, 0.5) is 13.6 Å². The smallest absolute Gasteiger partial charge is 0.407 e. The third kappa shape index (κ3) is 5.13. The van der Waals surface area contributed by atoms with Crippen LogP contribution in [0.2, 0.25) is 0 Å². The van der Waals surface area contributed by atoms with Gasteiger partial charge in [0.2, 0.25) is 5.91 Å². The summed E-state index contributed by atoms with van der Waals surface area (Å²) in [6, 6.07) is 13.2. The van der Waals surface area contributed by atoms with Gasteiger partial charge in [0, 0.05) is 18.5 Å². The van der Waals surface area contributed by atoms with Crippen molar-refractivity contribution in [3.05, 3.63) is 59.7 Å². The van der Waals surface area contributed by atoms with Crippen molar-refractivity contribution < 1.29 is 33.0 Å². The number of rotatable bonds is 7. The van der Waals surface area contributed by atoms with Gasteiger partial charge >= 0.3 is 12.1 Å². The van der Waals surface area contributed by atoms with Crippen LogP contribution in [0.1, 0.15) is 43.2 Å². The molecule has 2 N–H and O–H groups in total. The molecule has 7 nitrogen and oxygen atoms in total. The van der Waals surface area contributed by atoms with Gasteiger partial charge in [0.05, 0.1) is 12.3 Å². The number of halogens is 2. The summed E-state index contributed by atoms with van der Waals surface area (Å²) in [5, 5.41) is 11.5. The zero-order valence-corrected chi connectivity index (χ0v) is 19.3. The van der Waals surface area contributed by atoms with Crippen LogP contribution in [0, 0.1) is 5.92 Å². The van der Waals surface area contributed by atoms with E-state index in [2.05, 4.69) is 5.32 Å². The van der Waals surface area contributed by atoms with E-state index >= 15 is 0 Å². The number of alkyl carbamates (subject to hydrolysis) is 1. The van der Waals surface area contributed by atoms with E-state index in [1.54, 1.807) is 6.92 Å². The van der Waals surface area contributed by atoms with Crippen LogP contribution in [-0.2, 0) is 14.3 Å². The molecule has 186 valence electrons.